The first kappa shape index (κ1) is 16.8. The number of nitrogens with one attached hydrogen (secondary N) is 1. The number of rotatable bonds is 8. The molecule has 124 valence electrons. The number of aromatic nitrogens is 2. The molecule has 1 aromatic heterocycles. The van der Waals surface area contributed by atoms with Gasteiger partial charge in [-0.05, 0) is 18.2 Å². The Kier molecular flexibility index (Phi) is 5.93. The van der Waals surface area contributed by atoms with Gasteiger partial charge in [0.15, 0.2) is 11.5 Å². The molecule has 0 unspecified atom stereocenters. The molecule has 0 saturated heterocycles. The van der Waals surface area contributed by atoms with Gasteiger partial charge in [-0.25, -0.2) is 0 Å². The molecule has 2 rings (SSSR count). The minimum atomic E-state index is -0.188. The quantitative estimate of drug-likeness (QED) is 0.776. The van der Waals surface area contributed by atoms with Crippen LogP contribution >= 0.6 is 0 Å². The second-order valence-corrected chi connectivity index (χ2v) is 4.61. The molecular weight excluding hydrogens is 302 g/mol. The van der Waals surface area contributed by atoms with Crippen molar-refractivity contribution in [3.8, 4) is 22.9 Å². The molecule has 0 radical (unpaired) electrons. The fourth-order valence-corrected chi connectivity index (χ4v) is 1.94. The third-order valence-electron chi connectivity index (χ3n) is 3.05. The van der Waals surface area contributed by atoms with Crippen LogP contribution in [0.1, 0.15) is 5.89 Å². The van der Waals surface area contributed by atoms with E-state index in [1.54, 1.807) is 26.4 Å². The standard InChI is InChI=1S/C15H19N3O5/c1-20-9-13(19)16-7-6-14-17-15(18-23-14)10-4-5-11(21-2)12(8-10)22-3/h4-5,8H,6-7,9H2,1-3H3,(H,16,19). The third kappa shape index (κ3) is 4.43. The van der Waals surface area contributed by atoms with Gasteiger partial charge in [0.1, 0.15) is 6.61 Å². The molecule has 2 aromatic rings. The molecule has 0 aliphatic heterocycles. The highest BCUT2D eigenvalue weighted by Crippen LogP contribution is 2.31. The normalized spacial score (nSPS) is 10.4. The maximum atomic E-state index is 11.3. The molecule has 23 heavy (non-hydrogen) atoms. The number of benzene rings is 1. The van der Waals surface area contributed by atoms with Crippen molar-refractivity contribution in [1.29, 1.82) is 0 Å². The summed E-state index contributed by atoms with van der Waals surface area (Å²) in [6.45, 7) is 0.427. The molecule has 1 N–H and O–H groups in total. The number of carbonyl (C=O) groups is 1. The van der Waals surface area contributed by atoms with E-state index >= 15 is 0 Å². The summed E-state index contributed by atoms with van der Waals surface area (Å²) >= 11 is 0. The van der Waals surface area contributed by atoms with Gasteiger partial charge in [-0.2, -0.15) is 4.98 Å². The van der Waals surface area contributed by atoms with Crippen molar-refractivity contribution >= 4 is 5.91 Å². The molecule has 8 heteroatoms. The molecule has 0 aliphatic carbocycles. The molecule has 0 aliphatic rings. The Morgan fingerprint density at radius 1 is 1.22 bits per heavy atom. The van der Waals surface area contributed by atoms with Crippen LogP contribution in [0.4, 0.5) is 0 Å². The van der Waals surface area contributed by atoms with Crippen LogP contribution in [0, 0.1) is 0 Å². The van der Waals surface area contributed by atoms with Crippen LogP contribution in [-0.2, 0) is 16.0 Å². The van der Waals surface area contributed by atoms with Gasteiger partial charge >= 0.3 is 0 Å². The zero-order valence-corrected chi connectivity index (χ0v) is 13.3. The van der Waals surface area contributed by atoms with E-state index in [0.717, 1.165) is 5.56 Å². The van der Waals surface area contributed by atoms with Gasteiger partial charge in [0.25, 0.3) is 0 Å². The second kappa shape index (κ2) is 8.14. The zero-order chi connectivity index (χ0) is 16.7. The van der Waals surface area contributed by atoms with Crippen LogP contribution in [0.3, 0.4) is 0 Å². The molecule has 1 heterocycles. The van der Waals surface area contributed by atoms with E-state index in [4.69, 9.17) is 18.7 Å². The van der Waals surface area contributed by atoms with Crippen molar-refractivity contribution in [3.05, 3.63) is 24.1 Å². The summed E-state index contributed by atoms with van der Waals surface area (Å²) in [7, 11) is 4.60. The minimum Gasteiger partial charge on any atom is -0.493 e. The first-order chi connectivity index (χ1) is 11.2. The Labute approximate surface area is 133 Å². The number of ether oxygens (including phenoxy) is 3. The molecule has 0 fully saturated rings. The average molecular weight is 321 g/mol. The Balaban J connectivity index is 2.00. The van der Waals surface area contributed by atoms with Crippen LogP contribution in [0.25, 0.3) is 11.4 Å². The van der Waals surface area contributed by atoms with Crippen molar-refractivity contribution in [1.82, 2.24) is 15.5 Å². The highest BCUT2D eigenvalue weighted by Gasteiger charge is 2.12. The van der Waals surface area contributed by atoms with Crippen molar-refractivity contribution < 1.29 is 23.5 Å². The van der Waals surface area contributed by atoms with Crippen LogP contribution in [-0.4, -0.2) is 50.5 Å². The van der Waals surface area contributed by atoms with Gasteiger partial charge in [-0.1, -0.05) is 5.16 Å². The molecule has 1 amide bonds. The predicted octanol–water partition coefficient (Wildman–Crippen LogP) is 1.06. The van der Waals surface area contributed by atoms with Gasteiger partial charge in [0.05, 0.1) is 14.2 Å². The Morgan fingerprint density at radius 2 is 2.00 bits per heavy atom. The fraction of sp³-hybridized carbons (Fsp3) is 0.400. The Morgan fingerprint density at radius 3 is 2.70 bits per heavy atom. The molecule has 8 nitrogen and oxygen atoms in total. The molecular formula is C15H19N3O5. The number of hydrogen-bond donors (Lipinski definition) is 1. The van der Waals surface area contributed by atoms with Gasteiger partial charge in [-0.15, -0.1) is 0 Å². The van der Waals surface area contributed by atoms with Crippen molar-refractivity contribution in [3.63, 3.8) is 0 Å². The maximum Gasteiger partial charge on any atom is 0.245 e. The SMILES string of the molecule is COCC(=O)NCCc1nc(-c2ccc(OC)c(OC)c2)no1. The highest BCUT2D eigenvalue weighted by atomic mass is 16.5. The van der Waals surface area contributed by atoms with E-state index in [2.05, 4.69) is 15.5 Å². The number of methoxy groups -OCH3 is 3. The summed E-state index contributed by atoms with van der Waals surface area (Å²) in [5.41, 5.74) is 0.751. The van der Waals surface area contributed by atoms with E-state index in [1.165, 1.54) is 7.11 Å². The van der Waals surface area contributed by atoms with Gasteiger partial charge < -0.3 is 24.1 Å². The largest absolute Gasteiger partial charge is 0.493 e. The highest BCUT2D eigenvalue weighted by molar-refractivity contribution is 5.77. The van der Waals surface area contributed by atoms with E-state index in [9.17, 15) is 4.79 Å². The zero-order valence-electron chi connectivity index (χ0n) is 13.3. The summed E-state index contributed by atoms with van der Waals surface area (Å²) in [6, 6.07) is 5.36. The Hall–Kier alpha value is -2.61. The third-order valence-corrected chi connectivity index (χ3v) is 3.05. The Bertz CT molecular complexity index is 656. The first-order valence-electron chi connectivity index (χ1n) is 6.98. The fourth-order valence-electron chi connectivity index (χ4n) is 1.94. The van der Waals surface area contributed by atoms with Crippen molar-refractivity contribution in [2.45, 2.75) is 6.42 Å². The predicted molar refractivity (Wildman–Crippen MR) is 81.4 cm³/mol. The topological polar surface area (TPSA) is 95.7 Å². The average Bonchev–Trinajstić information content (AvgIpc) is 3.03. The van der Waals surface area contributed by atoms with E-state index in [0.29, 0.717) is 36.2 Å². The van der Waals surface area contributed by atoms with Crippen LogP contribution in [0.5, 0.6) is 11.5 Å². The lowest BCUT2D eigenvalue weighted by molar-refractivity contribution is -0.124. The second-order valence-electron chi connectivity index (χ2n) is 4.61. The van der Waals surface area contributed by atoms with Gasteiger partial charge in [0.2, 0.25) is 17.6 Å². The molecule has 0 saturated carbocycles. The summed E-state index contributed by atoms with van der Waals surface area (Å²) in [5.74, 6) is 1.91. The molecule has 0 spiro atoms. The van der Waals surface area contributed by atoms with Gasteiger partial charge in [-0.3, -0.25) is 4.79 Å². The monoisotopic (exact) mass is 321 g/mol. The maximum absolute atomic E-state index is 11.3. The van der Waals surface area contributed by atoms with Crippen molar-refractivity contribution in [2.75, 3.05) is 34.5 Å². The number of nitrogens with zero attached hydrogens (tertiary/aromatic N) is 2. The molecule has 0 bridgehead atoms. The van der Waals surface area contributed by atoms with E-state index in [-0.39, 0.29) is 12.5 Å². The lowest BCUT2D eigenvalue weighted by atomic mass is 10.2. The van der Waals surface area contributed by atoms with E-state index in [1.807, 2.05) is 6.07 Å². The summed E-state index contributed by atoms with van der Waals surface area (Å²) < 4.78 is 20.3. The summed E-state index contributed by atoms with van der Waals surface area (Å²) in [4.78, 5) is 15.6. The molecule has 1 aromatic carbocycles. The van der Waals surface area contributed by atoms with Crippen LogP contribution < -0.4 is 14.8 Å². The first-order valence-corrected chi connectivity index (χ1v) is 6.98. The molecule has 0 atom stereocenters. The lowest BCUT2D eigenvalue weighted by Crippen LogP contribution is -2.29. The van der Waals surface area contributed by atoms with Crippen molar-refractivity contribution in [2.24, 2.45) is 0 Å². The number of hydrogen-bond acceptors (Lipinski definition) is 7. The number of amides is 1. The van der Waals surface area contributed by atoms with Crippen LogP contribution in [0.15, 0.2) is 22.7 Å². The minimum absolute atomic E-state index is 0.0285. The van der Waals surface area contributed by atoms with Crippen LogP contribution in [0.2, 0.25) is 0 Å². The van der Waals surface area contributed by atoms with E-state index < -0.39 is 0 Å². The smallest absolute Gasteiger partial charge is 0.245 e. The number of carbonyl (C=O) groups excluding carboxylic acids is 1. The summed E-state index contributed by atoms with van der Waals surface area (Å²) in [6.07, 6.45) is 0.440. The summed E-state index contributed by atoms with van der Waals surface area (Å²) in [5, 5.41) is 6.62. The lowest BCUT2D eigenvalue weighted by Gasteiger charge is -2.07. The van der Waals surface area contributed by atoms with Gasteiger partial charge in [0, 0.05) is 25.6 Å².